The van der Waals surface area contributed by atoms with Crippen LogP contribution in [0.1, 0.15) is 116 Å². The highest BCUT2D eigenvalue weighted by Gasteiger charge is 2.19. The molecule has 2 fully saturated rings. The van der Waals surface area contributed by atoms with E-state index in [-0.39, 0.29) is 48.9 Å². The zero-order chi connectivity index (χ0) is 31.0. The molecule has 0 spiro atoms. The molecule has 44 heavy (non-hydrogen) atoms. The number of hydrogen-bond donors (Lipinski definition) is 0. The maximum atomic E-state index is 12.2. The minimum Gasteiger partial charge on any atom is -0.462 e. The number of rotatable bonds is 15. The molecule has 0 amide bonds. The Balaban J connectivity index is 1.09. The molecule has 0 unspecified atom stereocenters. The number of unbranched alkanes of at least 4 members (excludes halogenated alkanes) is 2. The first-order valence-electron chi connectivity index (χ1n) is 16.5. The summed E-state index contributed by atoms with van der Waals surface area (Å²) in [6.07, 6.45) is 14.4. The molecule has 0 aromatic heterocycles. The Morgan fingerprint density at radius 3 is 1.11 bits per heavy atom. The van der Waals surface area contributed by atoms with Gasteiger partial charge in [0.25, 0.3) is 0 Å². The molecular formula is C36H46O8. The van der Waals surface area contributed by atoms with Crippen LogP contribution in [-0.4, -0.2) is 36.1 Å². The minimum atomic E-state index is -0.330. The molecule has 8 heteroatoms. The summed E-state index contributed by atoms with van der Waals surface area (Å²) >= 11 is 0. The standard InChI is InChI=1S/C36H46O8/c37-33(41-29-11-3-1-4-12-29)15-7-9-17-35(39)43-31-23-19-27(20-24-31)28-21-25-32(26-22-28)44-36(40)18-10-8-16-34(38)42-30-13-5-2-6-14-30/h19-26,29-30H,1-18H2. The van der Waals surface area contributed by atoms with Gasteiger partial charge in [0.05, 0.1) is 0 Å². The summed E-state index contributed by atoms with van der Waals surface area (Å²) in [7, 11) is 0. The Bertz CT molecular complexity index is 1100. The van der Waals surface area contributed by atoms with Crippen molar-refractivity contribution in [1.82, 2.24) is 0 Å². The van der Waals surface area contributed by atoms with Gasteiger partial charge in [-0.1, -0.05) is 37.1 Å². The number of carbonyl (C=O) groups is 4. The van der Waals surface area contributed by atoms with Crippen LogP contribution in [0.3, 0.4) is 0 Å². The molecule has 238 valence electrons. The zero-order valence-electron chi connectivity index (χ0n) is 25.8. The van der Waals surface area contributed by atoms with Gasteiger partial charge in [-0.05, 0) is 112 Å². The number of hydrogen-bond acceptors (Lipinski definition) is 8. The lowest BCUT2D eigenvalue weighted by molar-refractivity contribution is -0.151. The normalized spacial score (nSPS) is 15.7. The molecule has 0 aliphatic heterocycles. The first-order valence-corrected chi connectivity index (χ1v) is 16.5. The first-order chi connectivity index (χ1) is 21.4. The van der Waals surface area contributed by atoms with E-state index in [4.69, 9.17) is 18.9 Å². The molecule has 2 aromatic carbocycles. The lowest BCUT2D eigenvalue weighted by Crippen LogP contribution is -2.20. The fourth-order valence-corrected chi connectivity index (χ4v) is 5.73. The average Bonchev–Trinajstić information content (AvgIpc) is 3.03. The summed E-state index contributed by atoms with van der Waals surface area (Å²) in [5.41, 5.74) is 1.86. The number of ether oxygens (including phenoxy) is 4. The van der Waals surface area contributed by atoms with Gasteiger partial charge in [-0.2, -0.15) is 0 Å². The van der Waals surface area contributed by atoms with Crippen LogP contribution in [0, 0.1) is 0 Å². The van der Waals surface area contributed by atoms with E-state index in [2.05, 4.69) is 0 Å². The van der Waals surface area contributed by atoms with Crippen LogP contribution in [0.15, 0.2) is 48.5 Å². The van der Waals surface area contributed by atoms with Crippen LogP contribution in [-0.2, 0) is 28.7 Å². The average molecular weight is 607 g/mol. The second-order valence-electron chi connectivity index (χ2n) is 11.9. The van der Waals surface area contributed by atoms with E-state index in [9.17, 15) is 19.2 Å². The summed E-state index contributed by atoms with van der Waals surface area (Å²) in [5, 5.41) is 0. The zero-order valence-corrected chi connectivity index (χ0v) is 25.8. The Labute approximate surface area is 260 Å². The SMILES string of the molecule is O=C(CCCCC(=O)OC1CCCCC1)Oc1ccc(-c2ccc(OC(=O)CCCCC(=O)OC3CCCCC3)cc2)cc1. The van der Waals surface area contributed by atoms with Crippen LogP contribution in [0.25, 0.3) is 11.1 Å². The van der Waals surface area contributed by atoms with E-state index >= 15 is 0 Å². The lowest BCUT2D eigenvalue weighted by atomic mass is 9.98. The molecular weight excluding hydrogens is 560 g/mol. The fourth-order valence-electron chi connectivity index (χ4n) is 5.73. The molecule has 4 rings (SSSR count). The number of esters is 4. The van der Waals surface area contributed by atoms with Gasteiger partial charge >= 0.3 is 23.9 Å². The molecule has 8 nitrogen and oxygen atoms in total. The Hall–Kier alpha value is -3.68. The van der Waals surface area contributed by atoms with Gasteiger partial charge in [-0.25, -0.2) is 0 Å². The number of benzene rings is 2. The molecule has 0 radical (unpaired) electrons. The molecule has 0 atom stereocenters. The van der Waals surface area contributed by atoms with E-state index in [1.807, 2.05) is 24.3 Å². The van der Waals surface area contributed by atoms with Crippen molar-refractivity contribution in [3.8, 4) is 22.6 Å². The van der Waals surface area contributed by atoms with Crippen LogP contribution in [0.2, 0.25) is 0 Å². The number of carbonyl (C=O) groups excluding carboxylic acids is 4. The minimum absolute atomic E-state index is 0.0656. The van der Waals surface area contributed by atoms with Crippen molar-refractivity contribution in [1.29, 1.82) is 0 Å². The second-order valence-corrected chi connectivity index (χ2v) is 11.9. The van der Waals surface area contributed by atoms with E-state index in [1.54, 1.807) is 24.3 Å². The fraction of sp³-hybridized carbons (Fsp3) is 0.556. The quantitative estimate of drug-likeness (QED) is 0.114. The Kier molecular flexibility index (Phi) is 13.7. The first kappa shape index (κ1) is 33.2. The van der Waals surface area contributed by atoms with Crippen molar-refractivity contribution >= 4 is 23.9 Å². The van der Waals surface area contributed by atoms with Gasteiger partial charge in [0.15, 0.2) is 0 Å². The van der Waals surface area contributed by atoms with E-state index < -0.39 is 0 Å². The van der Waals surface area contributed by atoms with Gasteiger partial charge in [0, 0.05) is 25.7 Å². The van der Waals surface area contributed by atoms with E-state index in [0.29, 0.717) is 50.0 Å². The summed E-state index contributed by atoms with van der Waals surface area (Å²) < 4.78 is 21.9. The van der Waals surface area contributed by atoms with Crippen molar-refractivity contribution in [2.24, 2.45) is 0 Å². The Morgan fingerprint density at radius 1 is 0.455 bits per heavy atom. The van der Waals surface area contributed by atoms with Gasteiger partial charge in [0.2, 0.25) is 0 Å². The molecule has 2 saturated carbocycles. The monoisotopic (exact) mass is 606 g/mol. The highest BCUT2D eigenvalue weighted by molar-refractivity contribution is 5.74. The third kappa shape index (κ3) is 12.1. The smallest absolute Gasteiger partial charge is 0.311 e. The summed E-state index contributed by atoms with van der Waals surface area (Å²) in [5.74, 6) is -0.0846. The van der Waals surface area contributed by atoms with E-state index in [0.717, 1.165) is 62.5 Å². The van der Waals surface area contributed by atoms with Crippen molar-refractivity contribution < 1.29 is 38.1 Å². The molecule has 0 saturated heterocycles. The lowest BCUT2D eigenvalue weighted by Gasteiger charge is -2.21. The Morgan fingerprint density at radius 2 is 0.773 bits per heavy atom. The van der Waals surface area contributed by atoms with Gasteiger partial charge in [-0.3, -0.25) is 19.2 Å². The highest BCUT2D eigenvalue weighted by atomic mass is 16.6. The van der Waals surface area contributed by atoms with Gasteiger partial charge < -0.3 is 18.9 Å². The van der Waals surface area contributed by atoms with Crippen molar-refractivity contribution in [2.75, 3.05) is 0 Å². The van der Waals surface area contributed by atoms with Crippen molar-refractivity contribution in [3.05, 3.63) is 48.5 Å². The topological polar surface area (TPSA) is 105 Å². The van der Waals surface area contributed by atoms with Crippen LogP contribution >= 0.6 is 0 Å². The third-order valence-corrected chi connectivity index (χ3v) is 8.23. The summed E-state index contributed by atoms with van der Waals surface area (Å²) in [6, 6.07) is 14.4. The molecule has 0 heterocycles. The third-order valence-electron chi connectivity index (χ3n) is 8.23. The van der Waals surface area contributed by atoms with E-state index in [1.165, 1.54) is 12.8 Å². The largest absolute Gasteiger partial charge is 0.462 e. The molecule has 0 N–H and O–H groups in total. The van der Waals surface area contributed by atoms with Crippen LogP contribution in [0.4, 0.5) is 0 Å². The molecule has 2 aliphatic rings. The second kappa shape index (κ2) is 18.2. The highest BCUT2D eigenvalue weighted by Crippen LogP contribution is 2.26. The van der Waals surface area contributed by atoms with Crippen LogP contribution in [0.5, 0.6) is 11.5 Å². The summed E-state index contributed by atoms with van der Waals surface area (Å²) in [6.45, 7) is 0. The predicted octanol–water partition coefficient (Wildman–Crippen LogP) is 8.04. The van der Waals surface area contributed by atoms with Crippen molar-refractivity contribution in [2.45, 2.75) is 128 Å². The van der Waals surface area contributed by atoms with Gasteiger partial charge in [0.1, 0.15) is 23.7 Å². The predicted molar refractivity (Wildman–Crippen MR) is 166 cm³/mol. The summed E-state index contributed by atoms with van der Waals surface area (Å²) in [4.78, 5) is 48.5. The van der Waals surface area contributed by atoms with Crippen LogP contribution < -0.4 is 9.47 Å². The molecule has 2 aliphatic carbocycles. The maximum absolute atomic E-state index is 12.2. The maximum Gasteiger partial charge on any atom is 0.311 e. The molecule has 0 bridgehead atoms. The molecule has 2 aromatic rings. The van der Waals surface area contributed by atoms with Gasteiger partial charge in [-0.15, -0.1) is 0 Å². The van der Waals surface area contributed by atoms with Crippen molar-refractivity contribution in [3.63, 3.8) is 0 Å².